The third kappa shape index (κ3) is 8.09. The molecular weight excluding hydrogens is 444 g/mol. The van der Waals surface area contributed by atoms with Crippen molar-refractivity contribution >= 4 is 28.9 Å². The topological polar surface area (TPSA) is 42.0 Å². The van der Waals surface area contributed by atoms with Crippen LogP contribution in [0.5, 0.6) is 0 Å². The van der Waals surface area contributed by atoms with Gasteiger partial charge in [-0.1, -0.05) is 63.1 Å². The van der Waals surface area contributed by atoms with Gasteiger partial charge >= 0.3 is 0 Å². The highest BCUT2D eigenvalue weighted by Crippen LogP contribution is 2.28. The maximum atomic E-state index is 13.0. The van der Waals surface area contributed by atoms with Gasteiger partial charge in [-0.25, -0.2) is 4.98 Å². The quantitative estimate of drug-likeness (QED) is 0.149. The fourth-order valence-electron chi connectivity index (χ4n) is 3.86. The van der Waals surface area contributed by atoms with Gasteiger partial charge in [-0.15, -0.1) is 23.1 Å². The van der Waals surface area contributed by atoms with Crippen molar-refractivity contribution in [2.75, 3.05) is 12.8 Å². The van der Waals surface area contributed by atoms with Crippen LogP contribution in [0.25, 0.3) is 0 Å². The van der Waals surface area contributed by atoms with E-state index >= 15 is 0 Å². The molecule has 1 unspecified atom stereocenters. The minimum Gasteiger partial charge on any atom is -0.317 e. The van der Waals surface area contributed by atoms with E-state index in [1.807, 2.05) is 29.6 Å². The number of carbonyl (C=O) groups excluding carboxylic acids is 1. The van der Waals surface area contributed by atoms with Crippen LogP contribution in [0.4, 0.5) is 0 Å². The molecule has 0 aliphatic rings. The van der Waals surface area contributed by atoms with Crippen molar-refractivity contribution in [3.05, 3.63) is 81.7 Å². The zero-order valence-corrected chi connectivity index (χ0v) is 21.7. The van der Waals surface area contributed by atoms with Crippen molar-refractivity contribution in [2.24, 2.45) is 0 Å². The predicted octanol–water partition coefficient (Wildman–Crippen LogP) is 7.37. The number of benzene rings is 1. The summed E-state index contributed by atoms with van der Waals surface area (Å²) in [4.78, 5) is 18.6. The predicted molar refractivity (Wildman–Crippen MR) is 143 cm³/mol. The van der Waals surface area contributed by atoms with Gasteiger partial charge in [-0.05, 0) is 73.5 Å². The first-order valence-electron chi connectivity index (χ1n) is 12.0. The van der Waals surface area contributed by atoms with Crippen molar-refractivity contribution in [2.45, 2.75) is 69.4 Å². The van der Waals surface area contributed by atoms with E-state index in [0.29, 0.717) is 12.0 Å². The maximum absolute atomic E-state index is 13.0. The van der Waals surface area contributed by atoms with Crippen LogP contribution >= 0.6 is 23.1 Å². The first-order valence-corrected chi connectivity index (χ1v) is 13.9. The number of thioether (sulfide) groups is 1. The molecule has 1 atom stereocenters. The van der Waals surface area contributed by atoms with E-state index in [1.54, 1.807) is 11.8 Å². The molecular formula is C28H36N2OS2. The minimum atomic E-state index is 0.0885. The maximum Gasteiger partial charge on any atom is 0.205 e. The average Bonchev–Trinajstić information content (AvgIpc) is 3.38. The van der Waals surface area contributed by atoms with Crippen molar-refractivity contribution in [1.82, 2.24) is 10.3 Å². The summed E-state index contributed by atoms with van der Waals surface area (Å²) in [6.07, 6.45) is 7.07. The van der Waals surface area contributed by atoms with Crippen LogP contribution in [0.3, 0.4) is 0 Å². The second-order valence-electron chi connectivity index (χ2n) is 8.76. The second-order valence-corrected chi connectivity index (χ2v) is 10.8. The summed E-state index contributed by atoms with van der Waals surface area (Å²) >= 11 is 3.23. The molecule has 176 valence electrons. The van der Waals surface area contributed by atoms with E-state index in [-0.39, 0.29) is 5.78 Å². The molecule has 3 nitrogen and oxygen atoms in total. The summed E-state index contributed by atoms with van der Waals surface area (Å²) in [5.41, 5.74) is 3.21. The van der Waals surface area contributed by atoms with Crippen LogP contribution in [0.1, 0.15) is 78.4 Å². The molecule has 0 aliphatic carbocycles. The molecule has 0 bridgehead atoms. The van der Waals surface area contributed by atoms with Crippen LogP contribution in [-0.2, 0) is 6.42 Å². The van der Waals surface area contributed by atoms with Gasteiger partial charge in [0, 0.05) is 11.7 Å². The van der Waals surface area contributed by atoms with E-state index in [9.17, 15) is 4.79 Å². The molecule has 0 radical (unpaired) electrons. The van der Waals surface area contributed by atoms with Crippen LogP contribution in [-0.4, -0.2) is 29.6 Å². The van der Waals surface area contributed by atoms with Crippen molar-refractivity contribution in [3.63, 3.8) is 0 Å². The van der Waals surface area contributed by atoms with Crippen LogP contribution in [0.2, 0.25) is 0 Å². The molecule has 0 aliphatic heterocycles. The van der Waals surface area contributed by atoms with Crippen LogP contribution in [0.15, 0.2) is 65.0 Å². The molecule has 0 spiro atoms. The fourth-order valence-corrected chi connectivity index (χ4v) is 5.56. The highest BCUT2D eigenvalue weighted by atomic mass is 32.2. The second kappa shape index (κ2) is 13.7. The summed E-state index contributed by atoms with van der Waals surface area (Å²) in [5.74, 6) is 1.43. The van der Waals surface area contributed by atoms with E-state index < -0.39 is 0 Å². The first kappa shape index (κ1) is 25.7. The molecule has 3 rings (SSSR count). The smallest absolute Gasteiger partial charge is 0.205 e. The number of nitrogens with zero attached hydrogens (tertiary/aromatic N) is 1. The molecule has 0 saturated heterocycles. The number of rotatable bonds is 14. The number of hydrogen-bond donors (Lipinski definition) is 1. The van der Waals surface area contributed by atoms with E-state index in [2.05, 4.69) is 56.5 Å². The first-order chi connectivity index (χ1) is 16.1. The lowest BCUT2D eigenvalue weighted by molar-refractivity contribution is 0.103. The standard InChI is InChI=1S/C28H36N2OS2/c1-21(2)25-18-17-24(27(31)26-14-10-20-32-26)28(30-25)33-19-9-5-8-13-23(29-3)16-15-22-11-6-4-7-12-22/h4,6-7,10-12,14,17-18,20-21,23,29H,5,8-9,13,15-16,19H2,1-3H3. The molecule has 5 heteroatoms. The molecule has 0 fully saturated rings. The SMILES string of the molecule is CNC(CCCCCSc1nc(C(C)C)ccc1C(=O)c1cccs1)CCc1ccccc1. The highest BCUT2D eigenvalue weighted by molar-refractivity contribution is 7.99. The number of unbranched alkanes of at least 4 members (excludes halogenated alkanes) is 2. The summed E-state index contributed by atoms with van der Waals surface area (Å²) in [7, 11) is 2.07. The zero-order valence-electron chi connectivity index (χ0n) is 20.0. The minimum absolute atomic E-state index is 0.0885. The normalized spacial score (nSPS) is 12.2. The van der Waals surface area contributed by atoms with Crippen LogP contribution in [0, 0.1) is 0 Å². The highest BCUT2D eigenvalue weighted by Gasteiger charge is 2.17. The molecule has 33 heavy (non-hydrogen) atoms. The molecule has 0 saturated carbocycles. The monoisotopic (exact) mass is 480 g/mol. The molecule has 1 N–H and O–H groups in total. The van der Waals surface area contributed by atoms with E-state index in [4.69, 9.17) is 4.98 Å². The molecule has 2 aromatic heterocycles. The number of carbonyl (C=O) groups is 1. The van der Waals surface area contributed by atoms with Gasteiger partial charge in [-0.2, -0.15) is 0 Å². The Kier molecular flexibility index (Phi) is 10.6. The lowest BCUT2D eigenvalue weighted by atomic mass is 10.0. The van der Waals surface area contributed by atoms with E-state index in [1.165, 1.54) is 42.6 Å². The number of hydrogen-bond acceptors (Lipinski definition) is 5. The Morgan fingerprint density at radius 3 is 2.52 bits per heavy atom. The fraction of sp³-hybridized carbons (Fsp3) is 0.429. The summed E-state index contributed by atoms with van der Waals surface area (Å²) in [6, 6.07) is 19.1. The van der Waals surface area contributed by atoms with Crippen molar-refractivity contribution in [3.8, 4) is 0 Å². The van der Waals surface area contributed by atoms with Crippen LogP contribution < -0.4 is 5.32 Å². The Hall–Kier alpha value is -1.95. The van der Waals surface area contributed by atoms with Gasteiger partial charge in [0.1, 0.15) is 5.03 Å². The van der Waals surface area contributed by atoms with E-state index in [0.717, 1.165) is 39.8 Å². The Morgan fingerprint density at radius 2 is 1.82 bits per heavy atom. The van der Waals surface area contributed by atoms with Crippen molar-refractivity contribution < 1.29 is 4.79 Å². The summed E-state index contributed by atoms with van der Waals surface area (Å²) in [5, 5.41) is 6.32. The van der Waals surface area contributed by atoms with Gasteiger partial charge in [0.2, 0.25) is 5.78 Å². The van der Waals surface area contributed by atoms with Gasteiger partial charge in [0.05, 0.1) is 10.4 Å². The Labute approximate surface area is 207 Å². The number of aryl methyl sites for hydroxylation is 1. The lowest BCUT2D eigenvalue weighted by Gasteiger charge is -2.16. The number of pyridine rings is 1. The summed E-state index contributed by atoms with van der Waals surface area (Å²) < 4.78 is 0. The molecule has 2 heterocycles. The number of aromatic nitrogens is 1. The number of nitrogens with one attached hydrogen (secondary N) is 1. The molecule has 0 amide bonds. The van der Waals surface area contributed by atoms with Gasteiger partial charge in [0.15, 0.2) is 0 Å². The Bertz CT molecular complexity index is 971. The molecule has 1 aromatic carbocycles. The lowest BCUT2D eigenvalue weighted by Crippen LogP contribution is -2.25. The Balaban J connectivity index is 1.46. The number of thiophene rings is 1. The largest absolute Gasteiger partial charge is 0.317 e. The van der Waals surface area contributed by atoms with Gasteiger partial charge in [0.25, 0.3) is 0 Å². The van der Waals surface area contributed by atoms with Crippen molar-refractivity contribution in [1.29, 1.82) is 0 Å². The van der Waals surface area contributed by atoms with Gasteiger partial charge < -0.3 is 5.32 Å². The van der Waals surface area contributed by atoms with Gasteiger partial charge in [-0.3, -0.25) is 4.79 Å². The zero-order chi connectivity index (χ0) is 23.5. The number of ketones is 1. The third-order valence-corrected chi connectivity index (χ3v) is 7.88. The Morgan fingerprint density at radius 1 is 1.00 bits per heavy atom. The summed E-state index contributed by atoms with van der Waals surface area (Å²) in [6.45, 7) is 4.29. The average molecular weight is 481 g/mol. The third-order valence-electron chi connectivity index (χ3n) is 5.93. The molecule has 3 aromatic rings.